The van der Waals surface area contributed by atoms with E-state index in [2.05, 4.69) is 0 Å². The number of carboxylic acids is 4. The Morgan fingerprint density at radius 1 is 0.864 bits per heavy atom. The third kappa shape index (κ3) is 2.59. The standard InChI is InChI=1S/C14H14O8/c15-11(16)6-2-1-5-3-8(12(17)18)9(13(19)20)4-7(5)10(6)14(21)22/h1-2,7-10H,3-4H2,(H,15,16)(H,17,18)(H,19,20)(H,21,22). The van der Waals surface area contributed by atoms with Gasteiger partial charge in [0.25, 0.3) is 0 Å². The topological polar surface area (TPSA) is 149 Å². The number of aliphatic carboxylic acids is 4. The van der Waals surface area contributed by atoms with Gasteiger partial charge in [0.2, 0.25) is 0 Å². The van der Waals surface area contributed by atoms with Gasteiger partial charge < -0.3 is 20.4 Å². The van der Waals surface area contributed by atoms with Crippen LogP contribution in [0.15, 0.2) is 23.3 Å². The molecule has 0 aliphatic heterocycles. The van der Waals surface area contributed by atoms with Crippen LogP contribution in [0.2, 0.25) is 0 Å². The molecule has 2 aliphatic carbocycles. The van der Waals surface area contributed by atoms with Crippen molar-refractivity contribution in [2.75, 3.05) is 0 Å². The number of carbonyl (C=O) groups is 4. The third-order valence-corrected chi connectivity index (χ3v) is 4.29. The first-order valence-electron chi connectivity index (χ1n) is 6.56. The van der Waals surface area contributed by atoms with Crippen LogP contribution in [0, 0.1) is 23.7 Å². The molecule has 0 saturated heterocycles. The van der Waals surface area contributed by atoms with Crippen LogP contribution in [-0.2, 0) is 19.2 Å². The highest BCUT2D eigenvalue weighted by atomic mass is 16.4. The lowest BCUT2D eigenvalue weighted by molar-refractivity contribution is -0.156. The molecule has 4 unspecified atom stereocenters. The van der Waals surface area contributed by atoms with Crippen molar-refractivity contribution in [2.24, 2.45) is 23.7 Å². The minimum absolute atomic E-state index is 0.0931. The quantitative estimate of drug-likeness (QED) is 0.584. The molecule has 1 saturated carbocycles. The van der Waals surface area contributed by atoms with Crippen molar-refractivity contribution in [3.8, 4) is 0 Å². The summed E-state index contributed by atoms with van der Waals surface area (Å²) in [5.74, 6) is -9.88. The molecule has 8 nitrogen and oxygen atoms in total. The second-order valence-corrected chi connectivity index (χ2v) is 5.42. The SMILES string of the molecule is O=C(O)C1=CC=C2CC(C(=O)O)C(C(=O)O)CC2C1C(=O)O. The lowest BCUT2D eigenvalue weighted by Crippen LogP contribution is -2.42. The first-order valence-corrected chi connectivity index (χ1v) is 6.56. The largest absolute Gasteiger partial charge is 0.481 e. The van der Waals surface area contributed by atoms with Crippen LogP contribution < -0.4 is 0 Å². The van der Waals surface area contributed by atoms with Gasteiger partial charge >= 0.3 is 23.9 Å². The fraction of sp³-hybridized carbons (Fsp3) is 0.429. The molecule has 22 heavy (non-hydrogen) atoms. The van der Waals surface area contributed by atoms with Crippen molar-refractivity contribution in [3.05, 3.63) is 23.3 Å². The molecule has 8 heteroatoms. The minimum Gasteiger partial charge on any atom is -0.481 e. The maximum Gasteiger partial charge on any atom is 0.332 e. The number of allylic oxidation sites excluding steroid dienone is 3. The Morgan fingerprint density at radius 3 is 1.91 bits per heavy atom. The van der Waals surface area contributed by atoms with Gasteiger partial charge in [-0.2, -0.15) is 0 Å². The molecule has 0 bridgehead atoms. The average molecular weight is 310 g/mol. The number of hydrogen-bond acceptors (Lipinski definition) is 4. The van der Waals surface area contributed by atoms with E-state index in [-0.39, 0.29) is 18.4 Å². The van der Waals surface area contributed by atoms with E-state index in [0.29, 0.717) is 5.57 Å². The van der Waals surface area contributed by atoms with Gasteiger partial charge in [0.1, 0.15) is 0 Å². The number of hydrogen-bond donors (Lipinski definition) is 4. The third-order valence-electron chi connectivity index (χ3n) is 4.29. The van der Waals surface area contributed by atoms with Gasteiger partial charge in [-0.1, -0.05) is 17.7 Å². The number of fused-ring (bicyclic) bond motifs is 1. The van der Waals surface area contributed by atoms with Gasteiger partial charge in [0.15, 0.2) is 0 Å². The summed E-state index contributed by atoms with van der Waals surface area (Å²) < 4.78 is 0. The summed E-state index contributed by atoms with van der Waals surface area (Å²) in [7, 11) is 0. The Morgan fingerprint density at radius 2 is 1.45 bits per heavy atom. The molecule has 2 aliphatic rings. The molecule has 2 rings (SSSR count). The molecule has 4 atom stereocenters. The zero-order valence-electron chi connectivity index (χ0n) is 11.3. The fourth-order valence-corrected chi connectivity index (χ4v) is 3.24. The van der Waals surface area contributed by atoms with Gasteiger partial charge in [0.05, 0.1) is 23.3 Å². The van der Waals surface area contributed by atoms with Crippen LogP contribution >= 0.6 is 0 Å². The highest BCUT2D eigenvalue weighted by Gasteiger charge is 2.48. The second-order valence-electron chi connectivity index (χ2n) is 5.42. The number of rotatable bonds is 4. The molecule has 1 fully saturated rings. The van der Waals surface area contributed by atoms with Crippen molar-refractivity contribution >= 4 is 23.9 Å². The zero-order valence-corrected chi connectivity index (χ0v) is 11.3. The normalized spacial score (nSPS) is 30.5. The van der Waals surface area contributed by atoms with Crippen LogP contribution in [0.1, 0.15) is 12.8 Å². The van der Waals surface area contributed by atoms with E-state index in [1.54, 1.807) is 0 Å². The highest BCUT2D eigenvalue weighted by Crippen LogP contribution is 2.45. The highest BCUT2D eigenvalue weighted by molar-refractivity contribution is 5.95. The monoisotopic (exact) mass is 310 g/mol. The van der Waals surface area contributed by atoms with E-state index >= 15 is 0 Å². The van der Waals surface area contributed by atoms with Gasteiger partial charge in [-0.05, 0) is 18.8 Å². The van der Waals surface area contributed by atoms with Crippen LogP contribution in [0.4, 0.5) is 0 Å². The first kappa shape index (κ1) is 15.7. The Hall–Kier alpha value is -2.64. The summed E-state index contributed by atoms with van der Waals surface area (Å²) in [5.41, 5.74) is 0.154. The summed E-state index contributed by atoms with van der Waals surface area (Å²) in [6.45, 7) is 0. The second kappa shape index (κ2) is 5.63. The van der Waals surface area contributed by atoms with E-state index in [0.717, 1.165) is 6.08 Å². The lowest BCUT2D eigenvalue weighted by atomic mass is 9.64. The van der Waals surface area contributed by atoms with Crippen LogP contribution in [-0.4, -0.2) is 44.3 Å². The summed E-state index contributed by atoms with van der Waals surface area (Å²) in [5, 5.41) is 36.7. The summed E-state index contributed by atoms with van der Waals surface area (Å²) in [6, 6.07) is 0. The maximum atomic E-state index is 11.4. The Labute approximate surface area is 124 Å². The molecule has 4 N–H and O–H groups in total. The van der Waals surface area contributed by atoms with Gasteiger partial charge in [0, 0.05) is 0 Å². The molecular weight excluding hydrogens is 296 g/mol. The molecule has 0 spiro atoms. The van der Waals surface area contributed by atoms with Crippen LogP contribution in [0.5, 0.6) is 0 Å². The molecule has 0 aromatic heterocycles. The summed E-state index contributed by atoms with van der Waals surface area (Å²) >= 11 is 0. The van der Waals surface area contributed by atoms with Crippen molar-refractivity contribution in [1.29, 1.82) is 0 Å². The summed E-state index contributed by atoms with van der Waals surface area (Å²) in [6.07, 6.45) is 2.26. The van der Waals surface area contributed by atoms with Crippen molar-refractivity contribution in [1.82, 2.24) is 0 Å². The molecule has 0 aromatic rings. The fourth-order valence-electron chi connectivity index (χ4n) is 3.24. The van der Waals surface area contributed by atoms with Crippen LogP contribution in [0.3, 0.4) is 0 Å². The molecular formula is C14H14O8. The van der Waals surface area contributed by atoms with Crippen molar-refractivity contribution < 1.29 is 39.6 Å². The van der Waals surface area contributed by atoms with Crippen molar-refractivity contribution in [3.63, 3.8) is 0 Å². The first-order chi connectivity index (χ1) is 10.2. The zero-order chi connectivity index (χ0) is 16.6. The Bertz CT molecular complexity index is 614. The van der Waals surface area contributed by atoms with Gasteiger partial charge in [-0.15, -0.1) is 0 Å². The van der Waals surface area contributed by atoms with Crippen LogP contribution in [0.25, 0.3) is 0 Å². The molecule has 0 heterocycles. The van der Waals surface area contributed by atoms with E-state index in [4.69, 9.17) is 10.2 Å². The van der Waals surface area contributed by atoms with Gasteiger partial charge in [-0.3, -0.25) is 14.4 Å². The van der Waals surface area contributed by atoms with E-state index < -0.39 is 47.5 Å². The predicted molar refractivity (Wildman–Crippen MR) is 69.9 cm³/mol. The maximum absolute atomic E-state index is 11.4. The molecule has 0 aromatic carbocycles. The lowest BCUT2D eigenvalue weighted by Gasteiger charge is -2.38. The Kier molecular flexibility index (Phi) is 4.03. The minimum atomic E-state index is -1.38. The molecule has 118 valence electrons. The summed E-state index contributed by atoms with van der Waals surface area (Å²) in [4.78, 5) is 45.1. The predicted octanol–water partition coefficient (Wildman–Crippen LogP) is 0.450. The van der Waals surface area contributed by atoms with E-state index in [1.807, 2.05) is 0 Å². The average Bonchev–Trinajstić information content (AvgIpc) is 2.43. The van der Waals surface area contributed by atoms with Gasteiger partial charge in [-0.25, -0.2) is 4.79 Å². The Balaban J connectivity index is 2.44. The van der Waals surface area contributed by atoms with Crippen molar-refractivity contribution in [2.45, 2.75) is 12.8 Å². The molecule has 0 amide bonds. The number of carboxylic acid groups (broad SMARTS) is 4. The molecule has 0 radical (unpaired) electrons. The smallest absolute Gasteiger partial charge is 0.332 e. The van der Waals surface area contributed by atoms with E-state index in [9.17, 15) is 29.4 Å². The van der Waals surface area contributed by atoms with E-state index in [1.165, 1.54) is 6.08 Å².